The van der Waals surface area contributed by atoms with Gasteiger partial charge in [-0.25, -0.2) is 9.97 Å². The van der Waals surface area contributed by atoms with Crippen LogP contribution in [0.3, 0.4) is 0 Å². The number of rotatable bonds is 6. The molecule has 0 fully saturated rings. The van der Waals surface area contributed by atoms with Gasteiger partial charge in [0.1, 0.15) is 17.4 Å². The predicted octanol–water partition coefficient (Wildman–Crippen LogP) is 3.62. The first-order valence-corrected chi connectivity index (χ1v) is 10.7. The van der Waals surface area contributed by atoms with Gasteiger partial charge in [-0.1, -0.05) is 6.07 Å². The smallest absolute Gasteiger partial charge is 0.247 e. The molecule has 0 saturated heterocycles. The minimum absolute atomic E-state index is 0.242. The highest BCUT2D eigenvalue weighted by Gasteiger charge is 2.37. The molecular formula is C23H21N5O3S. The monoisotopic (exact) mass is 447 g/mol. The van der Waals surface area contributed by atoms with Crippen LogP contribution >= 0.6 is 11.3 Å². The number of nitriles is 1. The van der Waals surface area contributed by atoms with Gasteiger partial charge in [-0.05, 0) is 31.5 Å². The molecule has 0 saturated carbocycles. The van der Waals surface area contributed by atoms with Gasteiger partial charge in [0.2, 0.25) is 11.8 Å². The molecule has 0 radical (unpaired) electrons. The van der Waals surface area contributed by atoms with Crippen LogP contribution in [-0.2, 0) is 11.4 Å². The van der Waals surface area contributed by atoms with Crippen LogP contribution < -0.4 is 20.5 Å². The highest BCUT2D eigenvalue weighted by atomic mass is 32.1. The molecule has 1 aliphatic rings. The van der Waals surface area contributed by atoms with Gasteiger partial charge in [0.05, 0.1) is 35.9 Å². The number of carbonyl (C=O) groups is 1. The average Bonchev–Trinajstić information content (AvgIpc) is 3.31. The molecule has 1 aromatic carbocycles. The zero-order valence-corrected chi connectivity index (χ0v) is 18.6. The third-order valence-electron chi connectivity index (χ3n) is 5.32. The van der Waals surface area contributed by atoms with E-state index in [-0.39, 0.29) is 6.61 Å². The summed E-state index contributed by atoms with van der Waals surface area (Å²) in [6.07, 6.45) is 3.43. The lowest BCUT2D eigenvalue weighted by atomic mass is 9.79. The second-order valence-corrected chi connectivity index (χ2v) is 8.26. The van der Waals surface area contributed by atoms with Gasteiger partial charge in [0.25, 0.3) is 0 Å². The van der Waals surface area contributed by atoms with Gasteiger partial charge in [-0.3, -0.25) is 4.79 Å². The molecule has 1 aliphatic heterocycles. The largest absolute Gasteiger partial charge is 0.496 e. The van der Waals surface area contributed by atoms with Crippen molar-refractivity contribution in [1.29, 1.82) is 5.26 Å². The Hall–Kier alpha value is -3.90. The van der Waals surface area contributed by atoms with Crippen molar-refractivity contribution in [3.8, 4) is 17.7 Å². The van der Waals surface area contributed by atoms with E-state index < -0.39 is 11.8 Å². The van der Waals surface area contributed by atoms with E-state index in [1.807, 2.05) is 19.2 Å². The van der Waals surface area contributed by atoms with Crippen LogP contribution in [-0.4, -0.2) is 23.0 Å². The summed E-state index contributed by atoms with van der Waals surface area (Å²) in [6, 6.07) is 7.22. The number of nitrogens with two attached hydrogens (primary N) is 1. The number of aromatic nitrogens is 2. The van der Waals surface area contributed by atoms with Crippen LogP contribution in [0.4, 0.5) is 5.69 Å². The Labute approximate surface area is 189 Å². The lowest BCUT2D eigenvalue weighted by molar-refractivity contribution is -0.114. The number of benzene rings is 1. The maximum absolute atomic E-state index is 12.6. The topological polar surface area (TPSA) is 123 Å². The predicted molar refractivity (Wildman–Crippen MR) is 120 cm³/mol. The molecule has 0 unspecified atom stereocenters. The van der Waals surface area contributed by atoms with Crippen molar-refractivity contribution in [2.45, 2.75) is 26.4 Å². The van der Waals surface area contributed by atoms with Crippen LogP contribution in [0.25, 0.3) is 0 Å². The van der Waals surface area contributed by atoms with Crippen molar-refractivity contribution in [1.82, 2.24) is 9.97 Å². The third-order valence-corrected chi connectivity index (χ3v) is 6.07. The summed E-state index contributed by atoms with van der Waals surface area (Å²) in [6.45, 7) is 3.98. The number of fused-ring (bicyclic) bond motifs is 1. The Kier molecular flexibility index (Phi) is 5.79. The van der Waals surface area contributed by atoms with Gasteiger partial charge in [0.15, 0.2) is 0 Å². The first-order chi connectivity index (χ1) is 15.4. The van der Waals surface area contributed by atoms with Crippen LogP contribution in [0.5, 0.6) is 11.6 Å². The van der Waals surface area contributed by atoms with Gasteiger partial charge in [0, 0.05) is 34.6 Å². The van der Waals surface area contributed by atoms with Crippen LogP contribution in [0.2, 0.25) is 0 Å². The second-order valence-electron chi connectivity index (χ2n) is 7.28. The molecule has 1 atom stereocenters. The lowest BCUT2D eigenvalue weighted by Crippen LogP contribution is -2.28. The van der Waals surface area contributed by atoms with Crippen LogP contribution in [0.1, 0.15) is 40.1 Å². The highest BCUT2D eigenvalue weighted by Crippen LogP contribution is 2.48. The van der Waals surface area contributed by atoms with Crippen molar-refractivity contribution < 1.29 is 14.3 Å². The molecule has 0 aliphatic carbocycles. The van der Waals surface area contributed by atoms with Crippen LogP contribution in [0.15, 0.2) is 47.2 Å². The molecule has 162 valence electrons. The Morgan fingerprint density at radius 3 is 2.81 bits per heavy atom. The molecule has 32 heavy (non-hydrogen) atoms. The van der Waals surface area contributed by atoms with Crippen molar-refractivity contribution in [2.24, 2.45) is 5.73 Å². The maximum atomic E-state index is 12.6. The van der Waals surface area contributed by atoms with Crippen LogP contribution in [0, 0.1) is 18.3 Å². The molecule has 1 amide bonds. The number of anilines is 1. The summed E-state index contributed by atoms with van der Waals surface area (Å²) in [4.78, 5) is 21.4. The number of nitrogens with zero attached hydrogens (tertiary/aromatic N) is 3. The summed E-state index contributed by atoms with van der Waals surface area (Å²) >= 11 is 1.48. The lowest BCUT2D eigenvalue weighted by Gasteiger charge is -2.32. The summed E-state index contributed by atoms with van der Waals surface area (Å²) in [5.41, 5.74) is 10.4. The molecule has 8 nitrogen and oxygen atoms in total. The fourth-order valence-corrected chi connectivity index (χ4v) is 4.41. The summed E-state index contributed by atoms with van der Waals surface area (Å²) in [5, 5.41) is 15.3. The number of thiazole rings is 1. The number of allylic oxidation sites excluding steroid dienone is 1. The molecule has 3 aromatic rings. The Morgan fingerprint density at radius 1 is 1.34 bits per heavy atom. The van der Waals surface area contributed by atoms with Gasteiger partial charge in [-0.2, -0.15) is 5.26 Å². The minimum Gasteiger partial charge on any atom is -0.496 e. The van der Waals surface area contributed by atoms with Gasteiger partial charge < -0.3 is 20.5 Å². The molecule has 3 N–H and O–H groups in total. The number of hydrogen-bond acceptors (Lipinski definition) is 8. The normalized spacial score (nSPS) is 14.9. The van der Waals surface area contributed by atoms with E-state index in [0.717, 1.165) is 16.3 Å². The number of methoxy groups -OCH3 is 1. The summed E-state index contributed by atoms with van der Waals surface area (Å²) in [5.74, 6) is -0.314. The zero-order valence-electron chi connectivity index (χ0n) is 17.8. The zero-order chi connectivity index (χ0) is 22.8. The number of ether oxygens (including phenoxy) is 2. The van der Waals surface area contributed by atoms with Crippen molar-refractivity contribution in [3.63, 3.8) is 0 Å². The Morgan fingerprint density at radius 2 is 2.16 bits per heavy atom. The van der Waals surface area contributed by atoms with E-state index in [9.17, 15) is 10.1 Å². The second kappa shape index (κ2) is 8.69. The Bertz CT molecular complexity index is 1260. The highest BCUT2D eigenvalue weighted by molar-refractivity contribution is 7.09. The van der Waals surface area contributed by atoms with E-state index in [1.165, 1.54) is 18.4 Å². The van der Waals surface area contributed by atoms with E-state index in [4.69, 9.17) is 15.2 Å². The van der Waals surface area contributed by atoms with Crippen molar-refractivity contribution >= 4 is 22.9 Å². The first-order valence-electron chi connectivity index (χ1n) is 9.80. The minimum atomic E-state index is -0.592. The number of pyridine rings is 1. The molecule has 0 bridgehead atoms. The molecule has 9 heteroatoms. The maximum Gasteiger partial charge on any atom is 0.247 e. The third kappa shape index (κ3) is 3.76. The fourth-order valence-electron chi connectivity index (χ4n) is 3.88. The standard InChI is InChI=1S/C23H21N5O3S/c1-12-10-27-23(31-11-17-26-6-7-32-17)20-19(18(22(25)29)13(2)28-21(12)20)15-5-4-14(9-24)8-16(15)30-3/h4-8,10,19,28H,11H2,1-3H3,(H2,25,29)/t19-/m1/s1. The summed E-state index contributed by atoms with van der Waals surface area (Å²) in [7, 11) is 1.52. The molecule has 2 aromatic heterocycles. The van der Waals surface area contributed by atoms with E-state index >= 15 is 0 Å². The van der Waals surface area contributed by atoms with E-state index in [1.54, 1.807) is 30.6 Å². The number of aryl methyl sites for hydroxylation is 1. The Balaban J connectivity index is 1.93. The number of hydrogen-bond donors (Lipinski definition) is 2. The van der Waals surface area contributed by atoms with Crippen molar-refractivity contribution in [3.05, 3.63) is 74.5 Å². The number of primary amides is 1. The fraction of sp³-hybridized carbons (Fsp3) is 0.217. The first kappa shape index (κ1) is 21.3. The molecule has 3 heterocycles. The SMILES string of the molecule is COc1cc(C#N)ccc1[C@@H]1C(C(N)=O)=C(C)Nc2c(C)cnc(OCc3nccs3)c21. The van der Waals surface area contributed by atoms with Gasteiger partial charge >= 0.3 is 0 Å². The quantitative estimate of drug-likeness (QED) is 0.591. The molecule has 0 spiro atoms. The van der Waals surface area contributed by atoms with E-state index in [0.29, 0.717) is 39.6 Å². The van der Waals surface area contributed by atoms with E-state index in [2.05, 4.69) is 21.4 Å². The summed E-state index contributed by atoms with van der Waals surface area (Å²) < 4.78 is 11.7. The number of carbonyl (C=O) groups excluding carboxylic acids is 1. The van der Waals surface area contributed by atoms with Gasteiger partial charge in [-0.15, -0.1) is 11.3 Å². The molecular weight excluding hydrogens is 426 g/mol. The molecule has 4 rings (SSSR count). The number of amides is 1. The van der Waals surface area contributed by atoms with Crippen molar-refractivity contribution in [2.75, 3.05) is 12.4 Å². The number of nitrogens with one attached hydrogen (secondary N) is 1. The average molecular weight is 448 g/mol.